The topological polar surface area (TPSA) is 24.5 Å². The van der Waals surface area contributed by atoms with E-state index in [1.807, 2.05) is 12.1 Å². The third kappa shape index (κ3) is 3.77. The van der Waals surface area contributed by atoms with Gasteiger partial charge in [-0.3, -0.25) is 0 Å². The Hall–Kier alpha value is -0.930. The molecule has 1 fully saturated rings. The van der Waals surface area contributed by atoms with Crippen molar-refractivity contribution in [2.24, 2.45) is 5.92 Å². The molecule has 2 rings (SSSR count). The molecule has 1 aliphatic rings. The maximum absolute atomic E-state index is 6.08. The molecule has 0 bridgehead atoms. The van der Waals surface area contributed by atoms with Crippen molar-refractivity contribution in [2.75, 3.05) is 31.6 Å². The highest BCUT2D eigenvalue weighted by atomic mass is 35.5. The van der Waals surface area contributed by atoms with Crippen LogP contribution >= 0.6 is 11.6 Å². The number of ether oxygens (including phenoxy) is 1. The van der Waals surface area contributed by atoms with Crippen LogP contribution in [-0.4, -0.2) is 32.8 Å². The Morgan fingerprint density at radius 2 is 2.26 bits per heavy atom. The molecular formula is C15H23ClN2O. The van der Waals surface area contributed by atoms with Gasteiger partial charge in [0.05, 0.1) is 12.1 Å². The summed E-state index contributed by atoms with van der Waals surface area (Å²) >= 11 is 6.08. The van der Waals surface area contributed by atoms with Crippen LogP contribution in [0.25, 0.3) is 0 Å². The lowest BCUT2D eigenvalue weighted by Crippen LogP contribution is -2.51. The predicted octanol–water partition coefficient (Wildman–Crippen LogP) is 3.17. The quantitative estimate of drug-likeness (QED) is 0.918. The Balaban J connectivity index is 2.08. The Morgan fingerprint density at radius 1 is 1.47 bits per heavy atom. The van der Waals surface area contributed by atoms with Crippen molar-refractivity contribution in [2.45, 2.75) is 26.3 Å². The lowest BCUT2D eigenvalue weighted by Gasteiger charge is -2.36. The molecule has 3 nitrogen and oxygen atoms in total. The first-order valence-electron chi connectivity index (χ1n) is 6.92. The van der Waals surface area contributed by atoms with Gasteiger partial charge in [0.1, 0.15) is 5.75 Å². The number of halogens is 1. The van der Waals surface area contributed by atoms with E-state index in [0.717, 1.165) is 31.3 Å². The summed E-state index contributed by atoms with van der Waals surface area (Å²) in [6.07, 6.45) is 1.21. The molecule has 1 N–H and O–H groups in total. The average molecular weight is 283 g/mol. The Bertz CT molecular complexity index is 423. The van der Waals surface area contributed by atoms with Gasteiger partial charge in [-0.25, -0.2) is 0 Å². The summed E-state index contributed by atoms with van der Waals surface area (Å²) in [5, 5.41) is 4.26. The number of anilines is 1. The van der Waals surface area contributed by atoms with Gasteiger partial charge in [-0.2, -0.15) is 0 Å². The molecule has 1 unspecified atom stereocenters. The highest BCUT2D eigenvalue weighted by Crippen LogP contribution is 2.30. The van der Waals surface area contributed by atoms with Gasteiger partial charge in [-0.05, 0) is 24.5 Å². The number of piperazine rings is 1. The minimum atomic E-state index is 0.565. The van der Waals surface area contributed by atoms with Crippen molar-refractivity contribution in [3.63, 3.8) is 0 Å². The summed E-state index contributed by atoms with van der Waals surface area (Å²) in [6, 6.07) is 6.58. The van der Waals surface area contributed by atoms with Crippen LogP contribution in [0.3, 0.4) is 0 Å². The van der Waals surface area contributed by atoms with E-state index in [1.165, 1.54) is 12.1 Å². The summed E-state index contributed by atoms with van der Waals surface area (Å²) in [7, 11) is 1.66. The number of nitrogens with one attached hydrogen (secondary N) is 1. The smallest absolute Gasteiger partial charge is 0.139 e. The van der Waals surface area contributed by atoms with Gasteiger partial charge in [0.15, 0.2) is 0 Å². The number of hydrogen-bond acceptors (Lipinski definition) is 3. The second kappa shape index (κ2) is 6.49. The number of methoxy groups -OCH3 is 1. The SMILES string of the molecule is COc1cc(N2CCNC(CC(C)C)C2)ccc1Cl. The van der Waals surface area contributed by atoms with Crippen molar-refractivity contribution in [1.82, 2.24) is 5.32 Å². The maximum Gasteiger partial charge on any atom is 0.139 e. The Labute approximate surface area is 120 Å². The first-order chi connectivity index (χ1) is 9.10. The van der Waals surface area contributed by atoms with Crippen LogP contribution in [0.15, 0.2) is 18.2 Å². The zero-order chi connectivity index (χ0) is 13.8. The molecule has 1 aromatic rings. The third-order valence-electron chi connectivity index (χ3n) is 3.51. The molecule has 1 aliphatic heterocycles. The standard InChI is InChI=1S/C15H23ClN2O/c1-11(2)8-12-10-18(7-6-17-12)13-4-5-14(16)15(9-13)19-3/h4-5,9,11-12,17H,6-8,10H2,1-3H3. The van der Waals surface area contributed by atoms with E-state index in [2.05, 4.69) is 30.1 Å². The van der Waals surface area contributed by atoms with E-state index in [1.54, 1.807) is 7.11 Å². The predicted molar refractivity (Wildman–Crippen MR) is 81.5 cm³/mol. The Kier molecular flexibility index (Phi) is 4.94. The van der Waals surface area contributed by atoms with Crippen LogP contribution in [0.2, 0.25) is 5.02 Å². The minimum Gasteiger partial charge on any atom is -0.495 e. The van der Waals surface area contributed by atoms with Crippen molar-refractivity contribution in [3.8, 4) is 5.75 Å². The largest absolute Gasteiger partial charge is 0.495 e. The second-order valence-corrected chi connectivity index (χ2v) is 5.95. The van der Waals surface area contributed by atoms with Gasteiger partial charge in [0.25, 0.3) is 0 Å². The van der Waals surface area contributed by atoms with Gasteiger partial charge in [0.2, 0.25) is 0 Å². The van der Waals surface area contributed by atoms with E-state index >= 15 is 0 Å². The molecule has 0 aromatic heterocycles. The molecule has 1 saturated heterocycles. The summed E-state index contributed by atoms with van der Waals surface area (Å²) in [5.74, 6) is 1.47. The van der Waals surface area contributed by atoms with Gasteiger partial charge < -0.3 is 15.0 Å². The fraction of sp³-hybridized carbons (Fsp3) is 0.600. The number of hydrogen-bond donors (Lipinski definition) is 1. The molecule has 19 heavy (non-hydrogen) atoms. The van der Waals surface area contributed by atoms with Crippen LogP contribution < -0.4 is 15.0 Å². The molecule has 1 aromatic carbocycles. The van der Waals surface area contributed by atoms with Crippen LogP contribution in [-0.2, 0) is 0 Å². The van der Waals surface area contributed by atoms with Gasteiger partial charge in [0, 0.05) is 37.4 Å². The van der Waals surface area contributed by atoms with Crippen LogP contribution in [0.1, 0.15) is 20.3 Å². The Morgan fingerprint density at radius 3 is 2.95 bits per heavy atom. The van der Waals surface area contributed by atoms with Crippen molar-refractivity contribution >= 4 is 17.3 Å². The third-order valence-corrected chi connectivity index (χ3v) is 3.82. The first-order valence-corrected chi connectivity index (χ1v) is 7.30. The zero-order valence-electron chi connectivity index (χ0n) is 11.9. The van der Waals surface area contributed by atoms with Gasteiger partial charge in [-0.1, -0.05) is 25.4 Å². The number of nitrogens with zero attached hydrogens (tertiary/aromatic N) is 1. The lowest BCUT2D eigenvalue weighted by atomic mass is 10.0. The van der Waals surface area contributed by atoms with E-state index < -0.39 is 0 Å². The van der Waals surface area contributed by atoms with Crippen molar-refractivity contribution in [1.29, 1.82) is 0 Å². The molecule has 1 atom stereocenters. The maximum atomic E-state index is 6.08. The summed E-state index contributed by atoms with van der Waals surface area (Å²) < 4.78 is 5.29. The van der Waals surface area contributed by atoms with E-state index in [4.69, 9.17) is 16.3 Å². The molecule has 0 radical (unpaired) electrons. The van der Waals surface area contributed by atoms with Crippen LogP contribution in [0.5, 0.6) is 5.75 Å². The van der Waals surface area contributed by atoms with E-state index in [9.17, 15) is 0 Å². The fourth-order valence-corrected chi connectivity index (χ4v) is 2.83. The normalized spacial score (nSPS) is 19.8. The molecule has 0 amide bonds. The highest BCUT2D eigenvalue weighted by Gasteiger charge is 2.20. The van der Waals surface area contributed by atoms with Crippen molar-refractivity contribution in [3.05, 3.63) is 23.2 Å². The van der Waals surface area contributed by atoms with Gasteiger partial charge in [-0.15, -0.1) is 0 Å². The number of rotatable bonds is 4. The van der Waals surface area contributed by atoms with Gasteiger partial charge >= 0.3 is 0 Å². The minimum absolute atomic E-state index is 0.565. The van der Waals surface area contributed by atoms with E-state index in [0.29, 0.717) is 11.1 Å². The lowest BCUT2D eigenvalue weighted by molar-refractivity contribution is 0.387. The molecule has 0 saturated carbocycles. The zero-order valence-corrected chi connectivity index (χ0v) is 12.7. The van der Waals surface area contributed by atoms with E-state index in [-0.39, 0.29) is 0 Å². The summed E-state index contributed by atoms with van der Waals surface area (Å²) in [4.78, 5) is 2.41. The fourth-order valence-electron chi connectivity index (χ4n) is 2.63. The van der Waals surface area contributed by atoms with Crippen molar-refractivity contribution < 1.29 is 4.74 Å². The van der Waals surface area contributed by atoms with Crippen LogP contribution in [0.4, 0.5) is 5.69 Å². The van der Waals surface area contributed by atoms with Crippen LogP contribution in [0, 0.1) is 5.92 Å². The molecule has 0 aliphatic carbocycles. The molecule has 4 heteroatoms. The first kappa shape index (κ1) is 14.5. The average Bonchev–Trinajstić information content (AvgIpc) is 2.39. The summed E-state index contributed by atoms with van der Waals surface area (Å²) in [6.45, 7) is 7.64. The summed E-state index contributed by atoms with van der Waals surface area (Å²) in [5.41, 5.74) is 1.19. The molecular weight excluding hydrogens is 260 g/mol. The molecule has 106 valence electrons. The molecule has 0 spiro atoms. The monoisotopic (exact) mass is 282 g/mol. The highest BCUT2D eigenvalue weighted by molar-refractivity contribution is 6.32. The second-order valence-electron chi connectivity index (χ2n) is 5.55. The number of benzene rings is 1. The molecule has 1 heterocycles.